The summed E-state index contributed by atoms with van der Waals surface area (Å²) in [6, 6.07) is 8.76. The molecule has 1 aliphatic carbocycles. The van der Waals surface area contributed by atoms with Crippen molar-refractivity contribution in [1.29, 1.82) is 0 Å². The Balaban J connectivity index is 2.60. The van der Waals surface area contributed by atoms with Crippen LogP contribution in [0.5, 0.6) is 0 Å². The highest BCUT2D eigenvalue weighted by Gasteiger charge is 2.16. The maximum absolute atomic E-state index is 3.61. The van der Waals surface area contributed by atoms with Crippen LogP contribution < -0.4 is 0 Å². The molecule has 0 fully saturated rings. The molecule has 14 heavy (non-hydrogen) atoms. The normalized spacial score (nSPS) is 13.9. The van der Waals surface area contributed by atoms with Crippen LogP contribution >= 0.6 is 31.9 Å². The average Bonchev–Trinajstić information content (AvgIpc) is 2.58. The van der Waals surface area contributed by atoms with Crippen LogP contribution in [-0.2, 0) is 12.8 Å². The molecule has 0 saturated carbocycles. The number of aryl methyl sites for hydroxylation is 2. The Hall–Kier alpha value is -0.340. The second-order valence-electron chi connectivity index (χ2n) is 3.66. The largest absolute Gasteiger partial charge is 0.0573 e. The first-order chi connectivity index (χ1) is 6.77. The van der Waals surface area contributed by atoms with E-state index in [9.17, 15) is 0 Å². The molecular weight excluding hydrogens is 304 g/mol. The second kappa shape index (κ2) is 3.07. The second-order valence-corrected chi connectivity index (χ2v) is 5.37. The van der Waals surface area contributed by atoms with Gasteiger partial charge < -0.3 is 0 Å². The molecule has 0 radical (unpaired) electrons. The van der Waals surface area contributed by atoms with E-state index in [-0.39, 0.29) is 0 Å². The monoisotopic (exact) mass is 310 g/mol. The molecule has 2 aromatic carbocycles. The van der Waals surface area contributed by atoms with Crippen molar-refractivity contribution in [2.45, 2.75) is 12.8 Å². The van der Waals surface area contributed by atoms with Crippen molar-refractivity contribution in [3.63, 3.8) is 0 Å². The van der Waals surface area contributed by atoms with Crippen molar-refractivity contribution in [2.75, 3.05) is 0 Å². The third-order valence-corrected chi connectivity index (χ3v) is 4.22. The van der Waals surface area contributed by atoms with Crippen LogP contribution in [0, 0.1) is 0 Å². The van der Waals surface area contributed by atoms with Gasteiger partial charge in [-0.2, -0.15) is 0 Å². The molecule has 0 unspecified atom stereocenters. The van der Waals surface area contributed by atoms with E-state index in [1.54, 1.807) is 0 Å². The third kappa shape index (κ3) is 1.10. The van der Waals surface area contributed by atoms with Crippen LogP contribution in [0.2, 0.25) is 0 Å². The van der Waals surface area contributed by atoms with E-state index in [0.29, 0.717) is 0 Å². The van der Waals surface area contributed by atoms with E-state index in [1.807, 2.05) is 0 Å². The first-order valence-electron chi connectivity index (χ1n) is 4.66. The van der Waals surface area contributed by atoms with E-state index >= 15 is 0 Å². The van der Waals surface area contributed by atoms with Gasteiger partial charge in [-0.25, -0.2) is 0 Å². The highest BCUT2D eigenvalue weighted by Crippen LogP contribution is 2.38. The average molecular weight is 312 g/mol. The van der Waals surface area contributed by atoms with Crippen molar-refractivity contribution in [3.05, 3.63) is 44.3 Å². The molecule has 3 rings (SSSR count). The summed E-state index contributed by atoms with van der Waals surface area (Å²) < 4.78 is 2.37. The topological polar surface area (TPSA) is 0 Å². The molecule has 0 aromatic heterocycles. The Labute approximate surface area is 99.6 Å². The summed E-state index contributed by atoms with van der Waals surface area (Å²) in [5, 5.41) is 2.78. The summed E-state index contributed by atoms with van der Waals surface area (Å²) in [6.07, 6.45) is 2.38. The van der Waals surface area contributed by atoms with Gasteiger partial charge in [0.1, 0.15) is 0 Å². The van der Waals surface area contributed by atoms with Gasteiger partial charge in [0.15, 0.2) is 0 Å². The molecule has 0 amide bonds. The van der Waals surface area contributed by atoms with E-state index < -0.39 is 0 Å². The standard InChI is InChI=1S/C12H8Br2/c13-9-5-3-7-1-2-8-4-6-10(14)12(9)11(7)8/h3-6H,1-2H2. The lowest BCUT2D eigenvalue weighted by Gasteiger charge is -2.06. The van der Waals surface area contributed by atoms with Gasteiger partial charge in [-0.1, -0.05) is 44.0 Å². The molecule has 2 heteroatoms. The summed E-state index contributed by atoms with van der Waals surface area (Å²) in [6.45, 7) is 0. The van der Waals surface area contributed by atoms with Crippen LogP contribution in [0.3, 0.4) is 0 Å². The molecule has 0 N–H and O–H groups in total. The van der Waals surface area contributed by atoms with Crippen molar-refractivity contribution >= 4 is 42.6 Å². The predicted molar refractivity (Wildman–Crippen MR) is 66.8 cm³/mol. The van der Waals surface area contributed by atoms with Crippen LogP contribution in [0.25, 0.3) is 10.8 Å². The van der Waals surface area contributed by atoms with Crippen molar-refractivity contribution < 1.29 is 0 Å². The summed E-state index contributed by atoms with van der Waals surface area (Å²) in [5.74, 6) is 0. The molecule has 1 aliphatic rings. The molecule has 0 atom stereocenters. The fourth-order valence-electron chi connectivity index (χ4n) is 2.25. The zero-order chi connectivity index (χ0) is 9.71. The molecule has 0 aliphatic heterocycles. The highest BCUT2D eigenvalue weighted by molar-refractivity contribution is 9.11. The lowest BCUT2D eigenvalue weighted by molar-refractivity contribution is 1.02. The number of hydrogen-bond donors (Lipinski definition) is 0. The fraction of sp³-hybridized carbons (Fsp3) is 0.167. The Morgan fingerprint density at radius 1 is 0.714 bits per heavy atom. The zero-order valence-corrected chi connectivity index (χ0v) is 10.7. The molecule has 0 heterocycles. The molecule has 0 spiro atoms. The first-order valence-corrected chi connectivity index (χ1v) is 6.24. The Morgan fingerprint density at radius 2 is 1.21 bits per heavy atom. The quantitative estimate of drug-likeness (QED) is 0.673. The van der Waals surface area contributed by atoms with Gasteiger partial charge in [0.2, 0.25) is 0 Å². The summed E-state index contributed by atoms with van der Waals surface area (Å²) in [7, 11) is 0. The van der Waals surface area contributed by atoms with Crippen molar-refractivity contribution in [2.24, 2.45) is 0 Å². The van der Waals surface area contributed by atoms with Crippen LogP contribution in [0.4, 0.5) is 0 Å². The minimum absolute atomic E-state index is 1.19. The van der Waals surface area contributed by atoms with Gasteiger partial charge in [-0.3, -0.25) is 0 Å². The van der Waals surface area contributed by atoms with Crippen molar-refractivity contribution in [3.8, 4) is 0 Å². The Kier molecular flexibility index (Phi) is 1.96. The number of hydrogen-bond acceptors (Lipinski definition) is 0. The Bertz CT molecular complexity index is 485. The SMILES string of the molecule is Brc1ccc2c3c(ccc(Br)c13)CC2. The van der Waals surface area contributed by atoms with E-state index in [2.05, 4.69) is 56.1 Å². The van der Waals surface area contributed by atoms with Crippen LogP contribution in [-0.4, -0.2) is 0 Å². The van der Waals surface area contributed by atoms with Gasteiger partial charge in [-0.15, -0.1) is 0 Å². The van der Waals surface area contributed by atoms with Crippen molar-refractivity contribution in [1.82, 2.24) is 0 Å². The van der Waals surface area contributed by atoms with Crippen LogP contribution in [0.1, 0.15) is 11.1 Å². The van der Waals surface area contributed by atoms with Gasteiger partial charge in [-0.05, 0) is 41.5 Å². The van der Waals surface area contributed by atoms with Crippen LogP contribution in [0.15, 0.2) is 33.2 Å². The maximum Gasteiger partial charge on any atom is 0.0265 e. The third-order valence-electron chi connectivity index (χ3n) is 2.90. The maximum atomic E-state index is 3.61. The minimum atomic E-state index is 1.19. The molecule has 0 saturated heterocycles. The minimum Gasteiger partial charge on any atom is -0.0573 e. The predicted octanol–water partition coefficient (Wildman–Crippen LogP) is 4.46. The fourth-order valence-corrected chi connectivity index (χ4v) is 3.60. The zero-order valence-electron chi connectivity index (χ0n) is 7.48. The summed E-state index contributed by atoms with van der Waals surface area (Å²) >= 11 is 7.23. The summed E-state index contributed by atoms with van der Waals surface area (Å²) in [4.78, 5) is 0. The Morgan fingerprint density at radius 3 is 1.71 bits per heavy atom. The number of rotatable bonds is 0. The molecule has 2 aromatic rings. The lowest BCUT2D eigenvalue weighted by Crippen LogP contribution is -1.81. The molecule has 0 bridgehead atoms. The van der Waals surface area contributed by atoms with E-state index in [0.717, 1.165) is 0 Å². The number of halogens is 2. The van der Waals surface area contributed by atoms with Gasteiger partial charge >= 0.3 is 0 Å². The van der Waals surface area contributed by atoms with Gasteiger partial charge in [0.05, 0.1) is 0 Å². The molecular formula is C12H8Br2. The van der Waals surface area contributed by atoms with Gasteiger partial charge in [0, 0.05) is 14.3 Å². The lowest BCUT2D eigenvalue weighted by atomic mass is 10.1. The van der Waals surface area contributed by atoms with E-state index in [4.69, 9.17) is 0 Å². The smallest absolute Gasteiger partial charge is 0.0265 e. The first kappa shape index (κ1) is 8.93. The number of benzene rings is 2. The van der Waals surface area contributed by atoms with E-state index in [1.165, 1.54) is 43.7 Å². The molecule has 70 valence electrons. The van der Waals surface area contributed by atoms with Gasteiger partial charge in [0.25, 0.3) is 0 Å². The summed E-state index contributed by atoms with van der Waals surface area (Å²) in [5.41, 5.74) is 2.97. The highest BCUT2D eigenvalue weighted by atomic mass is 79.9. The molecule has 0 nitrogen and oxygen atoms in total.